The van der Waals surface area contributed by atoms with Crippen LogP contribution in [-0.4, -0.2) is 74.0 Å². The third-order valence-electron chi connectivity index (χ3n) is 1.69. The van der Waals surface area contributed by atoms with E-state index >= 15 is 0 Å². The molecule has 0 rings (SSSR count). The van der Waals surface area contributed by atoms with E-state index in [9.17, 15) is 14.4 Å². The molecule has 0 radical (unpaired) electrons. The monoisotopic (exact) mass is 298 g/mol. The molecule has 0 aromatic rings. The van der Waals surface area contributed by atoms with Gasteiger partial charge in [0.15, 0.2) is 0 Å². The van der Waals surface area contributed by atoms with Crippen molar-refractivity contribution in [2.75, 3.05) is 13.2 Å². The standard InChI is InChI=1S/C12H16O6.Ca.2H/c1-2-5-11(15)17-8-3-4-9-18-12(16)7-6-10(13)14;;;/h2,5-7H,3-4,8-9H2,1H3,(H,13,14);;;/b5-2?,7-6-;;;. The fraction of sp³-hybridized carbons (Fsp3) is 0.417. The molecule has 0 fully saturated rings. The molecule has 0 saturated carbocycles. The number of hydrogen-bond acceptors (Lipinski definition) is 5. The van der Waals surface area contributed by atoms with E-state index in [-0.39, 0.29) is 51.0 Å². The molecule has 0 amide bonds. The van der Waals surface area contributed by atoms with Crippen LogP contribution < -0.4 is 0 Å². The van der Waals surface area contributed by atoms with Crippen molar-refractivity contribution < 1.29 is 29.0 Å². The molecular formula is C12H18CaO6. The van der Waals surface area contributed by atoms with Crippen molar-refractivity contribution in [3.8, 4) is 0 Å². The summed E-state index contributed by atoms with van der Waals surface area (Å²) in [6.45, 7) is 2.13. The van der Waals surface area contributed by atoms with Crippen LogP contribution in [0.1, 0.15) is 19.8 Å². The Morgan fingerprint density at radius 2 is 1.42 bits per heavy atom. The van der Waals surface area contributed by atoms with Crippen LogP contribution in [0.5, 0.6) is 0 Å². The number of carbonyl (C=O) groups excluding carboxylic acids is 2. The molecule has 0 aromatic carbocycles. The van der Waals surface area contributed by atoms with E-state index in [1.54, 1.807) is 13.0 Å². The Balaban J connectivity index is 0. The van der Waals surface area contributed by atoms with Crippen LogP contribution in [0.25, 0.3) is 0 Å². The first-order valence-corrected chi connectivity index (χ1v) is 5.43. The summed E-state index contributed by atoms with van der Waals surface area (Å²) in [7, 11) is 0. The van der Waals surface area contributed by atoms with E-state index in [4.69, 9.17) is 14.6 Å². The van der Waals surface area contributed by atoms with Gasteiger partial charge in [0, 0.05) is 18.2 Å². The maximum absolute atomic E-state index is 10.9. The minimum atomic E-state index is -1.21. The van der Waals surface area contributed by atoms with Gasteiger partial charge in [0.2, 0.25) is 0 Å². The van der Waals surface area contributed by atoms with Crippen LogP contribution in [0.3, 0.4) is 0 Å². The number of hydrogen-bond donors (Lipinski definition) is 1. The Labute approximate surface area is 141 Å². The normalized spacial score (nSPS) is 10.2. The molecule has 0 aliphatic heterocycles. The molecule has 0 atom stereocenters. The third kappa shape index (κ3) is 15.1. The number of unbranched alkanes of at least 4 members (excludes halogenated alkanes) is 1. The first-order valence-electron chi connectivity index (χ1n) is 5.43. The first-order chi connectivity index (χ1) is 8.56. The molecule has 0 unspecified atom stereocenters. The Morgan fingerprint density at radius 1 is 0.947 bits per heavy atom. The first kappa shape index (κ1) is 20.5. The van der Waals surface area contributed by atoms with Gasteiger partial charge in [0.1, 0.15) is 0 Å². The van der Waals surface area contributed by atoms with Gasteiger partial charge in [-0.25, -0.2) is 14.4 Å². The summed E-state index contributed by atoms with van der Waals surface area (Å²) >= 11 is 0. The molecule has 1 N–H and O–H groups in total. The SMILES string of the molecule is CC=CC(=O)OCCCCOC(=O)/C=C\C(=O)O.[CaH2]. The quantitative estimate of drug-likeness (QED) is 0.297. The van der Waals surface area contributed by atoms with E-state index < -0.39 is 17.9 Å². The number of allylic oxidation sites excluding steroid dienone is 1. The predicted molar refractivity (Wildman–Crippen MR) is 71.3 cm³/mol. The summed E-state index contributed by atoms with van der Waals surface area (Å²) in [5, 5.41) is 8.25. The van der Waals surface area contributed by atoms with Gasteiger partial charge in [-0.05, 0) is 19.8 Å². The van der Waals surface area contributed by atoms with Gasteiger partial charge < -0.3 is 14.6 Å². The van der Waals surface area contributed by atoms with Crippen LogP contribution in [0.2, 0.25) is 0 Å². The Hall–Kier alpha value is -0.850. The van der Waals surface area contributed by atoms with Gasteiger partial charge in [-0.3, -0.25) is 0 Å². The summed E-state index contributed by atoms with van der Waals surface area (Å²) in [5.74, 6) is -2.31. The van der Waals surface area contributed by atoms with E-state index in [0.717, 1.165) is 6.08 Å². The van der Waals surface area contributed by atoms with Crippen molar-refractivity contribution in [1.29, 1.82) is 0 Å². The van der Waals surface area contributed by atoms with Crippen LogP contribution in [-0.2, 0) is 23.9 Å². The number of ether oxygens (including phenoxy) is 2. The summed E-state index contributed by atoms with van der Waals surface area (Å²) in [4.78, 5) is 31.9. The van der Waals surface area contributed by atoms with Crippen molar-refractivity contribution in [1.82, 2.24) is 0 Å². The Bertz CT molecular complexity index is 348. The maximum atomic E-state index is 10.9. The van der Waals surface area contributed by atoms with Crippen molar-refractivity contribution >= 4 is 55.6 Å². The molecule has 0 saturated heterocycles. The second-order valence-corrected chi connectivity index (χ2v) is 3.21. The van der Waals surface area contributed by atoms with Crippen LogP contribution in [0, 0.1) is 0 Å². The van der Waals surface area contributed by atoms with Crippen molar-refractivity contribution in [2.45, 2.75) is 19.8 Å². The molecule has 0 aromatic heterocycles. The van der Waals surface area contributed by atoms with Crippen LogP contribution in [0.4, 0.5) is 0 Å². The minimum absolute atomic E-state index is 0. The predicted octanol–water partition coefficient (Wildman–Crippen LogP) is 0.154. The van der Waals surface area contributed by atoms with E-state index in [2.05, 4.69) is 0 Å². The Kier molecular flexibility index (Phi) is 14.6. The fourth-order valence-electron chi connectivity index (χ4n) is 0.921. The van der Waals surface area contributed by atoms with Gasteiger partial charge in [0.05, 0.1) is 13.2 Å². The number of carboxylic acids is 1. The van der Waals surface area contributed by atoms with E-state index in [0.29, 0.717) is 18.9 Å². The fourth-order valence-corrected chi connectivity index (χ4v) is 0.921. The van der Waals surface area contributed by atoms with Crippen molar-refractivity contribution in [3.63, 3.8) is 0 Å². The molecule has 0 bridgehead atoms. The molecular weight excluding hydrogens is 280 g/mol. The third-order valence-corrected chi connectivity index (χ3v) is 1.69. The number of rotatable bonds is 8. The van der Waals surface area contributed by atoms with E-state index in [1.165, 1.54) is 6.08 Å². The van der Waals surface area contributed by atoms with Gasteiger partial charge in [0.25, 0.3) is 0 Å². The van der Waals surface area contributed by atoms with Crippen molar-refractivity contribution in [2.24, 2.45) is 0 Å². The van der Waals surface area contributed by atoms with Gasteiger partial charge in [-0.2, -0.15) is 0 Å². The summed E-state index contributed by atoms with van der Waals surface area (Å²) in [6, 6.07) is 0. The number of esters is 2. The molecule has 0 heterocycles. The second-order valence-electron chi connectivity index (χ2n) is 3.21. The molecule has 6 nitrogen and oxygen atoms in total. The zero-order valence-corrected chi connectivity index (χ0v) is 10.1. The topological polar surface area (TPSA) is 89.9 Å². The zero-order chi connectivity index (χ0) is 13.8. The van der Waals surface area contributed by atoms with Gasteiger partial charge in [-0.15, -0.1) is 0 Å². The van der Waals surface area contributed by atoms with E-state index in [1.807, 2.05) is 0 Å². The number of aliphatic carboxylic acids is 1. The molecule has 0 aliphatic rings. The average molecular weight is 298 g/mol. The number of carboxylic acid groups (broad SMARTS) is 1. The van der Waals surface area contributed by atoms with Gasteiger partial charge in [-0.1, -0.05) is 6.08 Å². The number of carbonyl (C=O) groups is 3. The summed E-state index contributed by atoms with van der Waals surface area (Å²) < 4.78 is 9.51. The molecule has 0 spiro atoms. The van der Waals surface area contributed by atoms with Crippen molar-refractivity contribution in [3.05, 3.63) is 24.3 Å². The van der Waals surface area contributed by atoms with Crippen LogP contribution >= 0.6 is 0 Å². The summed E-state index contributed by atoms with van der Waals surface area (Å²) in [6.07, 6.45) is 5.56. The summed E-state index contributed by atoms with van der Waals surface area (Å²) in [5.41, 5.74) is 0. The zero-order valence-electron chi connectivity index (χ0n) is 10.1. The average Bonchev–Trinajstić information content (AvgIpc) is 2.31. The molecule has 19 heavy (non-hydrogen) atoms. The molecule has 104 valence electrons. The Morgan fingerprint density at radius 3 is 1.84 bits per heavy atom. The molecule has 0 aliphatic carbocycles. The van der Waals surface area contributed by atoms with Crippen LogP contribution in [0.15, 0.2) is 24.3 Å². The van der Waals surface area contributed by atoms with Gasteiger partial charge >= 0.3 is 55.6 Å². The second kappa shape index (κ2) is 13.6. The molecule has 7 heteroatoms.